The standard InChI is InChI=1S/C13H21BrN2O4S/c1-9-6-10(14)11(15)7-12(9)21(18,19)16-8-13(2,17)4-5-20-3/h6-7,16-17H,4-5,8,15H2,1-3H3. The Morgan fingerprint density at radius 1 is 1.48 bits per heavy atom. The number of nitrogen functional groups attached to an aromatic ring is 1. The van der Waals surface area contributed by atoms with E-state index in [1.165, 1.54) is 13.2 Å². The molecule has 21 heavy (non-hydrogen) atoms. The van der Waals surface area contributed by atoms with Crippen LogP contribution in [0.4, 0.5) is 5.69 Å². The monoisotopic (exact) mass is 380 g/mol. The van der Waals surface area contributed by atoms with Gasteiger partial charge in [0.25, 0.3) is 0 Å². The molecular weight excluding hydrogens is 360 g/mol. The van der Waals surface area contributed by atoms with E-state index in [1.807, 2.05) is 0 Å². The molecule has 4 N–H and O–H groups in total. The SMILES string of the molecule is COCCC(C)(O)CNS(=O)(=O)c1cc(N)c(Br)cc1C. The molecule has 120 valence electrons. The van der Waals surface area contributed by atoms with Gasteiger partial charge in [-0.1, -0.05) is 0 Å². The summed E-state index contributed by atoms with van der Waals surface area (Å²) in [7, 11) is -2.22. The van der Waals surface area contributed by atoms with Crippen LogP contribution in [0.1, 0.15) is 18.9 Å². The van der Waals surface area contributed by atoms with E-state index in [0.717, 1.165) is 0 Å². The lowest BCUT2D eigenvalue weighted by atomic mass is 10.0. The van der Waals surface area contributed by atoms with E-state index >= 15 is 0 Å². The maximum Gasteiger partial charge on any atom is 0.241 e. The first-order valence-electron chi connectivity index (χ1n) is 6.36. The predicted molar refractivity (Wildman–Crippen MR) is 85.6 cm³/mol. The molecule has 8 heteroatoms. The van der Waals surface area contributed by atoms with Crippen molar-refractivity contribution < 1.29 is 18.3 Å². The maximum absolute atomic E-state index is 12.3. The Balaban J connectivity index is 2.90. The normalized spacial score (nSPS) is 14.9. The molecule has 1 atom stereocenters. The number of benzene rings is 1. The molecule has 0 aliphatic heterocycles. The number of ether oxygens (including phenoxy) is 1. The van der Waals surface area contributed by atoms with Gasteiger partial charge < -0.3 is 15.6 Å². The molecule has 0 amide bonds. The van der Waals surface area contributed by atoms with Gasteiger partial charge in [-0.25, -0.2) is 13.1 Å². The highest BCUT2D eigenvalue weighted by molar-refractivity contribution is 9.10. The van der Waals surface area contributed by atoms with Gasteiger partial charge in [-0.3, -0.25) is 0 Å². The highest BCUT2D eigenvalue weighted by atomic mass is 79.9. The Kier molecular flexibility index (Phi) is 6.18. The van der Waals surface area contributed by atoms with Crippen LogP contribution in [-0.4, -0.2) is 39.4 Å². The van der Waals surface area contributed by atoms with Crippen LogP contribution in [0.5, 0.6) is 0 Å². The van der Waals surface area contributed by atoms with Crippen LogP contribution in [0.15, 0.2) is 21.5 Å². The van der Waals surface area contributed by atoms with Crippen molar-refractivity contribution in [2.45, 2.75) is 30.8 Å². The molecule has 0 spiro atoms. The van der Waals surface area contributed by atoms with Crippen molar-refractivity contribution in [1.29, 1.82) is 0 Å². The van der Waals surface area contributed by atoms with E-state index in [9.17, 15) is 13.5 Å². The van der Waals surface area contributed by atoms with Crippen LogP contribution in [0.3, 0.4) is 0 Å². The quantitative estimate of drug-likeness (QED) is 0.620. The van der Waals surface area contributed by atoms with Crippen LogP contribution < -0.4 is 10.5 Å². The van der Waals surface area contributed by atoms with Crippen molar-refractivity contribution in [3.63, 3.8) is 0 Å². The topological polar surface area (TPSA) is 102 Å². The number of methoxy groups -OCH3 is 1. The molecule has 0 bridgehead atoms. The molecule has 6 nitrogen and oxygen atoms in total. The van der Waals surface area contributed by atoms with Crippen molar-refractivity contribution in [2.24, 2.45) is 0 Å². The summed E-state index contributed by atoms with van der Waals surface area (Å²) in [5.74, 6) is 0. The zero-order valence-electron chi connectivity index (χ0n) is 12.3. The van der Waals surface area contributed by atoms with Crippen LogP contribution in [0.2, 0.25) is 0 Å². The second-order valence-corrected chi connectivity index (χ2v) is 7.79. The van der Waals surface area contributed by atoms with Gasteiger partial charge in [0.2, 0.25) is 10.0 Å². The van der Waals surface area contributed by atoms with Gasteiger partial charge >= 0.3 is 0 Å². The molecule has 1 unspecified atom stereocenters. The molecule has 0 aliphatic rings. The minimum atomic E-state index is -3.74. The van der Waals surface area contributed by atoms with E-state index in [2.05, 4.69) is 20.7 Å². The molecule has 1 rings (SSSR count). The molecular formula is C13H21BrN2O4S. The Bertz CT molecular complexity index is 602. The average molecular weight is 381 g/mol. The smallest absolute Gasteiger partial charge is 0.241 e. The lowest BCUT2D eigenvalue weighted by molar-refractivity contribution is 0.0292. The third-order valence-electron chi connectivity index (χ3n) is 3.07. The Morgan fingerprint density at radius 2 is 2.10 bits per heavy atom. The average Bonchev–Trinajstić information content (AvgIpc) is 2.38. The maximum atomic E-state index is 12.3. The summed E-state index contributed by atoms with van der Waals surface area (Å²) in [4.78, 5) is 0.103. The number of hydrogen-bond donors (Lipinski definition) is 3. The van der Waals surface area contributed by atoms with Crippen LogP contribution in [-0.2, 0) is 14.8 Å². The highest BCUT2D eigenvalue weighted by Gasteiger charge is 2.25. The molecule has 0 aliphatic carbocycles. The fourth-order valence-electron chi connectivity index (χ4n) is 1.70. The van der Waals surface area contributed by atoms with E-state index < -0.39 is 15.6 Å². The summed E-state index contributed by atoms with van der Waals surface area (Å²) >= 11 is 3.25. The first kappa shape index (κ1) is 18.4. The third-order valence-corrected chi connectivity index (χ3v) is 5.30. The number of aliphatic hydroxyl groups is 1. The second-order valence-electron chi connectivity index (χ2n) is 5.20. The molecule has 1 aromatic rings. The fourth-order valence-corrected chi connectivity index (χ4v) is 3.58. The summed E-state index contributed by atoms with van der Waals surface area (Å²) in [6, 6.07) is 3.04. The molecule has 1 aromatic carbocycles. The second kappa shape index (κ2) is 7.06. The Labute approximate surface area is 133 Å². The predicted octanol–water partition coefficient (Wildman–Crippen LogP) is 1.41. The number of nitrogens with two attached hydrogens (primary N) is 1. The zero-order chi connectivity index (χ0) is 16.3. The van der Waals surface area contributed by atoms with Gasteiger partial charge in [0.1, 0.15) is 0 Å². The van der Waals surface area contributed by atoms with Crippen molar-refractivity contribution in [1.82, 2.24) is 4.72 Å². The minimum absolute atomic E-state index is 0.103. The summed E-state index contributed by atoms with van der Waals surface area (Å²) in [5.41, 5.74) is 5.46. The Hall–Kier alpha value is -0.670. The molecule has 0 radical (unpaired) electrons. The Morgan fingerprint density at radius 3 is 2.67 bits per heavy atom. The third kappa shape index (κ3) is 5.23. The van der Waals surface area contributed by atoms with Crippen molar-refractivity contribution in [3.8, 4) is 0 Å². The van der Waals surface area contributed by atoms with Crippen molar-refractivity contribution in [3.05, 3.63) is 22.2 Å². The van der Waals surface area contributed by atoms with Gasteiger partial charge in [-0.05, 0) is 47.5 Å². The lowest BCUT2D eigenvalue weighted by Crippen LogP contribution is -2.41. The number of sulfonamides is 1. The molecule has 0 saturated heterocycles. The first-order valence-corrected chi connectivity index (χ1v) is 8.63. The van der Waals surface area contributed by atoms with Crippen LogP contribution >= 0.6 is 15.9 Å². The summed E-state index contributed by atoms with van der Waals surface area (Å²) in [6.07, 6.45) is 0.327. The lowest BCUT2D eigenvalue weighted by Gasteiger charge is -2.23. The van der Waals surface area contributed by atoms with Crippen LogP contribution in [0, 0.1) is 6.92 Å². The number of aryl methyl sites for hydroxylation is 1. The van der Waals surface area contributed by atoms with Gasteiger partial charge in [-0.15, -0.1) is 0 Å². The number of nitrogens with one attached hydrogen (secondary N) is 1. The van der Waals surface area contributed by atoms with E-state index in [0.29, 0.717) is 28.8 Å². The largest absolute Gasteiger partial charge is 0.398 e. The molecule has 0 saturated carbocycles. The van der Waals surface area contributed by atoms with Gasteiger partial charge in [0.15, 0.2) is 0 Å². The number of hydrogen-bond acceptors (Lipinski definition) is 5. The molecule has 0 heterocycles. The summed E-state index contributed by atoms with van der Waals surface area (Å²) < 4.78 is 32.6. The number of rotatable bonds is 7. The number of halogens is 1. The van der Waals surface area contributed by atoms with Gasteiger partial charge in [0.05, 0.1) is 10.5 Å². The summed E-state index contributed by atoms with van der Waals surface area (Å²) in [5, 5.41) is 10.1. The van der Waals surface area contributed by atoms with Gasteiger partial charge in [0, 0.05) is 36.8 Å². The van der Waals surface area contributed by atoms with Crippen molar-refractivity contribution in [2.75, 3.05) is 26.0 Å². The van der Waals surface area contributed by atoms with Crippen molar-refractivity contribution >= 4 is 31.6 Å². The molecule has 0 fully saturated rings. The highest BCUT2D eigenvalue weighted by Crippen LogP contribution is 2.26. The fraction of sp³-hybridized carbons (Fsp3) is 0.538. The first-order chi connectivity index (χ1) is 9.59. The minimum Gasteiger partial charge on any atom is -0.398 e. The van der Waals surface area contributed by atoms with Crippen LogP contribution in [0.25, 0.3) is 0 Å². The molecule has 0 aromatic heterocycles. The zero-order valence-corrected chi connectivity index (χ0v) is 14.7. The van der Waals surface area contributed by atoms with E-state index in [-0.39, 0.29) is 11.4 Å². The van der Waals surface area contributed by atoms with Gasteiger partial charge in [-0.2, -0.15) is 0 Å². The summed E-state index contributed by atoms with van der Waals surface area (Å²) in [6.45, 7) is 3.48. The van der Waals surface area contributed by atoms with E-state index in [4.69, 9.17) is 10.5 Å². The van der Waals surface area contributed by atoms with E-state index in [1.54, 1.807) is 19.9 Å². The number of anilines is 1.